The first kappa shape index (κ1) is 18.4. The molecule has 1 saturated carbocycles. The summed E-state index contributed by atoms with van der Waals surface area (Å²) in [6.45, 7) is 1.63. The van der Waals surface area contributed by atoms with Crippen molar-refractivity contribution >= 4 is 17.3 Å². The molecule has 3 fully saturated rings. The molecule has 1 aromatic carbocycles. The zero-order valence-electron chi connectivity index (χ0n) is 15.4. The molecule has 1 unspecified atom stereocenters. The van der Waals surface area contributed by atoms with E-state index in [2.05, 4.69) is 0 Å². The molecule has 4 rings (SSSR count). The minimum atomic E-state index is -4.21. The fourth-order valence-corrected chi connectivity index (χ4v) is 4.77. The average molecular weight is 381 g/mol. The van der Waals surface area contributed by atoms with Gasteiger partial charge in [-0.15, -0.1) is 0 Å². The van der Waals surface area contributed by atoms with Crippen molar-refractivity contribution < 1.29 is 18.0 Å². The molecule has 1 atom stereocenters. The average Bonchev–Trinajstić information content (AvgIpc) is 3.10. The zero-order chi connectivity index (χ0) is 19.2. The topological polar surface area (TPSA) is 49.6 Å². The maximum absolute atomic E-state index is 13.1. The summed E-state index contributed by atoms with van der Waals surface area (Å²) in [5, 5.41) is 0. The molecule has 1 amide bonds. The van der Waals surface area contributed by atoms with Gasteiger partial charge >= 0.3 is 6.18 Å². The lowest BCUT2D eigenvalue weighted by Crippen LogP contribution is -2.46. The highest BCUT2D eigenvalue weighted by atomic mass is 19.4. The van der Waals surface area contributed by atoms with Crippen LogP contribution in [-0.2, 0) is 0 Å². The van der Waals surface area contributed by atoms with Crippen molar-refractivity contribution in [2.24, 2.45) is 11.3 Å². The summed E-state index contributed by atoms with van der Waals surface area (Å²) >= 11 is 0. The van der Waals surface area contributed by atoms with Crippen LogP contribution in [0.5, 0.6) is 0 Å². The molecule has 0 aromatic heterocycles. The number of alkyl halides is 3. The first-order valence-electron chi connectivity index (χ1n) is 9.78. The van der Waals surface area contributed by atoms with Gasteiger partial charge in [-0.05, 0) is 55.7 Å². The predicted molar refractivity (Wildman–Crippen MR) is 98.7 cm³/mol. The highest BCUT2D eigenvalue weighted by molar-refractivity contribution is 6.00. The SMILES string of the molecule is Nc1ccc(C(=O)N2CCC3(CCC3)CC2)c(N2CCC(C(F)(F)F)C2)c1. The Morgan fingerprint density at radius 2 is 1.81 bits per heavy atom. The van der Waals surface area contributed by atoms with E-state index in [9.17, 15) is 18.0 Å². The summed E-state index contributed by atoms with van der Waals surface area (Å²) in [7, 11) is 0. The lowest BCUT2D eigenvalue weighted by molar-refractivity contribution is -0.168. The third-order valence-corrected chi connectivity index (χ3v) is 6.77. The van der Waals surface area contributed by atoms with Crippen molar-refractivity contribution in [1.29, 1.82) is 0 Å². The van der Waals surface area contributed by atoms with E-state index >= 15 is 0 Å². The molecule has 2 aliphatic heterocycles. The number of piperidine rings is 1. The van der Waals surface area contributed by atoms with Crippen LogP contribution < -0.4 is 10.6 Å². The molecular formula is C20H26F3N3O. The van der Waals surface area contributed by atoms with Crippen molar-refractivity contribution in [1.82, 2.24) is 4.90 Å². The standard InChI is InChI=1S/C20H26F3N3O/c21-20(22,23)14-4-9-26(13-14)17-12-15(24)2-3-16(17)18(27)25-10-7-19(8-11-25)5-1-6-19/h2-3,12,14H,1,4-11,13,24H2. The second kappa shape index (κ2) is 6.60. The van der Waals surface area contributed by atoms with Crippen LogP contribution in [0.3, 0.4) is 0 Å². The molecule has 4 nitrogen and oxygen atoms in total. The Balaban J connectivity index is 1.52. The molecule has 1 spiro atoms. The number of carbonyl (C=O) groups excluding carboxylic acids is 1. The molecule has 1 aromatic rings. The van der Waals surface area contributed by atoms with Crippen molar-refractivity contribution in [2.75, 3.05) is 36.8 Å². The Bertz CT molecular complexity index is 720. The van der Waals surface area contributed by atoms with Crippen LogP contribution in [0.1, 0.15) is 48.9 Å². The van der Waals surface area contributed by atoms with Crippen LogP contribution in [0.4, 0.5) is 24.5 Å². The first-order valence-corrected chi connectivity index (χ1v) is 9.78. The number of amides is 1. The van der Waals surface area contributed by atoms with Gasteiger partial charge in [0.15, 0.2) is 0 Å². The van der Waals surface area contributed by atoms with Gasteiger partial charge in [-0.25, -0.2) is 0 Å². The molecule has 0 radical (unpaired) electrons. The predicted octanol–water partition coefficient (Wildman–Crippen LogP) is 4.06. The molecule has 2 N–H and O–H groups in total. The smallest absolute Gasteiger partial charge is 0.393 e. The minimum absolute atomic E-state index is 0.0537. The van der Waals surface area contributed by atoms with E-state index in [1.165, 1.54) is 19.3 Å². The zero-order valence-corrected chi connectivity index (χ0v) is 15.4. The summed E-state index contributed by atoms with van der Waals surface area (Å²) in [5.74, 6) is -1.44. The fraction of sp³-hybridized carbons (Fsp3) is 0.650. The van der Waals surface area contributed by atoms with Crippen LogP contribution in [0.2, 0.25) is 0 Å². The number of nitrogens with zero attached hydrogens (tertiary/aromatic N) is 2. The summed E-state index contributed by atoms with van der Waals surface area (Å²) in [5.41, 5.74) is 7.79. The van der Waals surface area contributed by atoms with Crippen molar-refractivity contribution in [3.63, 3.8) is 0 Å². The molecule has 2 saturated heterocycles. The molecule has 3 aliphatic rings. The van der Waals surface area contributed by atoms with E-state index in [1.54, 1.807) is 23.1 Å². The van der Waals surface area contributed by atoms with Gasteiger partial charge < -0.3 is 15.5 Å². The molecule has 1 aliphatic carbocycles. The van der Waals surface area contributed by atoms with Crippen molar-refractivity contribution in [3.05, 3.63) is 23.8 Å². The Morgan fingerprint density at radius 1 is 1.11 bits per heavy atom. The number of likely N-dealkylation sites (tertiary alicyclic amines) is 1. The molecular weight excluding hydrogens is 355 g/mol. The number of nitrogens with two attached hydrogens (primary N) is 1. The number of anilines is 2. The van der Waals surface area contributed by atoms with Gasteiger partial charge in [-0.3, -0.25) is 4.79 Å². The molecule has 0 bridgehead atoms. The second-order valence-corrected chi connectivity index (χ2v) is 8.40. The Kier molecular flexibility index (Phi) is 4.51. The highest BCUT2D eigenvalue weighted by Crippen LogP contribution is 2.49. The number of hydrogen-bond donors (Lipinski definition) is 1. The number of carbonyl (C=O) groups is 1. The summed E-state index contributed by atoms with van der Waals surface area (Å²) in [6.07, 6.45) is 1.71. The van der Waals surface area contributed by atoms with E-state index in [4.69, 9.17) is 5.73 Å². The Hall–Kier alpha value is -1.92. The number of benzene rings is 1. The summed E-state index contributed by atoms with van der Waals surface area (Å²) < 4.78 is 39.2. The quantitative estimate of drug-likeness (QED) is 0.786. The van der Waals surface area contributed by atoms with Gasteiger partial charge in [0.2, 0.25) is 0 Å². The number of nitrogen functional groups attached to an aromatic ring is 1. The van der Waals surface area contributed by atoms with Crippen molar-refractivity contribution in [2.45, 2.75) is 44.7 Å². The van der Waals surface area contributed by atoms with E-state index in [0.29, 0.717) is 22.4 Å². The summed E-state index contributed by atoms with van der Waals surface area (Å²) in [6, 6.07) is 4.97. The van der Waals surface area contributed by atoms with E-state index in [0.717, 1.165) is 25.9 Å². The Morgan fingerprint density at radius 3 is 2.37 bits per heavy atom. The number of halogens is 3. The molecule has 27 heavy (non-hydrogen) atoms. The van der Waals surface area contributed by atoms with E-state index in [1.807, 2.05) is 4.90 Å². The molecule has 2 heterocycles. The molecule has 148 valence electrons. The highest BCUT2D eigenvalue weighted by Gasteiger charge is 2.44. The van der Waals surface area contributed by atoms with Gasteiger partial charge in [0.25, 0.3) is 5.91 Å². The van der Waals surface area contributed by atoms with Gasteiger partial charge in [-0.1, -0.05) is 6.42 Å². The number of rotatable bonds is 2. The van der Waals surface area contributed by atoms with Crippen molar-refractivity contribution in [3.8, 4) is 0 Å². The maximum atomic E-state index is 13.1. The van der Waals surface area contributed by atoms with E-state index in [-0.39, 0.29) is 25.4 Å². The number of hydrogen-bond acceptors (Lipinski definition) is 3. The lowest BCUT2D eigenvalue weighted by Gasteiger charge is -2.48. The van der Waals surface area contributed by atoms with Crippen LogP contribution in [0.15, 0.2) is 18.2 Å². The molecule has 7 heteroatoms. The van der Waals surface area contributed by atoms with Crippen LogP contribution >= 0.6 is 0 Å². The van der Waals surface area contributed by atoms with Gasteiger partial charge in [0.05, 0.1) is 17.2 Å². The largest absolute Gasteiger partial charge is 0.399 e. The lowest BCUT2D eigenvalue weighted by atomic mass is 9.63. The minimum Gasteiger partial charge on any atom is -0.399 e. The van der Waals surface area contributed by atoms with E-state index < -0.39 is 12.1 Å². The Labute approximate surface area is 157 Å². The van der Waals surface area contributed by atoms with Gasteiger partial charge in [-0.2, -0.15) is 13.2 Å². The van der Waals surface area contributed by atoms with Crippen LogP contribution in [0, 0.1) is 11.3 Å². The van der Waals surface area contributed by atoms with Crippen LogP contribution in [0.25, 0.3) is 0 Å². The van der Waals surface area contributed by atoms with Gasteiger partial charge in [0.1, 0.15) is 0 Å². The maximum Gasteiger partial charge on any atom is 0.393 e. The normalized spacial score (nSPS) is 24.9. The second-order valence-electron chi connectivity index (χ2n) is 8.40. The third-order valence-electron chi connectivity index (χ3n) is 6.77. The fourth-order valence-electron chi connectivity index (χ4n) is 4.77. The summed E-state index contributed by atoms with van der Waals surface area (Å²) in [4.78, 5) is 16.6. The monoisotopic (exact) mass is 381 g/mol. The third kappa shape index (κ3) is 3.48. The first-order chi connectivity index (χ1) is 12.8. The van der Waals surface area contributed by atoms with Crippen LogP contribution in [-0.4, -0.2) is 43.2 Å². The van der Waals surface area contributed by atoms with Gasteiger partial charge in [0, 0.05) is 31.9 Å².